The molecule has 0 saturated heterocycles. The van der Waals surface area contributed by atoms with Gasteiger partial charge in [0.2, 0.25) is 0 Å². The molecule has 0 aromatic rings. The zero-order valence-corrected chi connectivity index (χ0v) is 36.2. The second-order valence-electron chi connectivity index (χ2n) is 15.0. The van der Waals surface area contributed by atoms with E-state index in [0.29, 0.717) is 24.9 Å². The lowest BCUT2D eigenvalue weighted by molar-refractivity contribution is -0.0161. The van der Waals surface area contributed by atoms with Gasteiger partial charge in [-0.05, 0) is 89.5 Å². The van der Waals surface area contributed by atoms with Crippen molar-refractivity contribution in [1.29, 1.82) is 0 Å². The first kappa shape index (κ1) is 51.0. The minimum atomic E-state index is -0.0124. The van der Waals surface area contributed by atoms with Crippen LogP contribution in [0.5, 0.6) is 0 Å². The first-order valence-electron chi connectivity index (χ1n) is 22.8. The van der Waals surface area contributed by atoms with Crippen molar-refractivity contribution in [1.82, 2.24) is 10.2 Å². The molecule has 0 aliphatic rings. The summed E-state index contributed by atoms with van der Waals surface area (Å²) in [6, 6.07) is 0. The highest BCUT2D eigenvalue weighted by Crippen LogP contribution is 2.12. The summed E-state index contributed by atoms with van der Waals surface area (Å²) in [4.78, 5) is 2.34. The molecule has 0 aromatic carbocycles. The predicted molar refractivity (Wildman–Crippen MR) is 234 cm³/mol. The van der Waals surface area contributed by atoms with Gasteiger partial charge in [-0.2, -0.15) is 0 Å². The zero-order chi connectivity index (χ0) is 37.8. The van der Waals surface area contributed by atoms with E-state index in [2.05, 4.69) is 62.2 Å². The number of rotatable bonds is 42. The summed E-state index contributed by atoms with van der Waals surface area (Å²) in [6.45, 7) is 15.3. The number of nitrogens with zero attached hydrogens (tertiary/aromatic N) is 1. The monoisotopic (exact) mass is 751 g/mol. The molecule has 0 aromatic heterocycles. The second-order valence-corrected chi connectivity index (χ2v) is 15.4. The highest BCUT2D eigenvalue weighted by molar-refractivity contribution is 7.80. The van der Waals surface area contributed by atoms with Crippen LogP contribution < -0.4 is 5.32 Å². The van der Waals surface area contributed by atoms with Crippen LogP contribution in [0.25, 0.3) is 0 Å². The van der Waals surface area contributed by atoms with E-state index in [1.807, 2.05) is 0 Å². The van der Waals surface area contributed by atoms with E-state index in [0.717, 1.165) is 45.7 Å². The fraction of sp³-hybridized carbons (Fsp3) is 0.891. The molecule has 0 bridgehead atoms. The average Bonchev–Trinajstić information content (AvgIpc) is 3.15. The van der Waals surface area contributed by atoms with E-state index < -0.39 is 0 Å². The van der Waals surface area contributed by atoms with Gasteiger partial charge in [0.25, 0.3) is 5.17 Å². The highest BCUT2D eigenvalue weighted by atomic mass is 32.1. The van der Waals surface area contributed by atoms with Crippen LogP contribution in [0.15, 0.2) is 24.3 Å². The number of likely N-dealkylation sites (N-methyl/N-ethyl adjacent to an activating group) is 1. The molecule has 308 valence electrons. The fourth-order valence-corrected chi connectivity index (χ4v) is 6.65. The Morgan fingerprint density at radius 2 is 0.923 bits per heavy atom. The third-order valence-corrected chi connectivity index (χ3v) is 10.4. The summed E-state index contributed by atoms with van der Waals surface area (Å²) in [5.41, 5.74) is 0. The number of hydrogen-bond acceptors (Lipinski definition) is 5. The Balaban J connectivity index is 4.05. The van der Waals surface area contributed by atoms with Crippen molar-refractivity contribution in [3.05, 3.63) is 24.3 Å². The van der Waals surface area contributed by atoms with Crippen molar-refractivity contribution in [3.8, 4) is 0 Å². The van der Waals surface area contributed by atoms with E-state index >= 15 is 0 Å². The van der Waals surface area contributed by atoms with Gasteiger partial charge < -0.3 is 24.4 Å². The normalized spacial score (nSPS) is 12.5. The Kier molecular flexibility index (Phi) is 43.6. The number of hydrogen-bond donors (Lipinski definition) is 1. The summed E-state index contributed by atoms with van der Waals surface area (Å²) in [5, 5.41) is 3.75. The lowest BCUT2D eigenvalue weighted by atomic mass is 10.1. The molecule has 1 unspecified atom stereocenters. The summed E-state index contributed by atoms with van der Waals surface area (Å²) in [6.07, 6.45) is 46.6. The largest absolute Gasteiger partial charge is 0.470 e. The first-order chi connectivity index (χ1) is 25.7. The van der Waals surface area contributed by atoms with Crippen molar-refractivity contribution in [2.45, 2.75) is 214 Å². The molecular formula is C46H90N2O3S. The summed E-state index contributed by atoms with van der Waals surface area (Å²) in [5.74, 6) is 0. The molecule has 1 atom stereocenters. The maximum Gasteiger partial charge on any atom is 0.256 e. The van der Waals surface area contributed by atoms with E-state index in [1.165, 1.54) is 167 Å². The van der Waals surface area contributed by atoms with Gasteiger partial charge in [0.15, 0.2) is 0 Å². The Labute approximate surface area is 331 Å². The number of thiocarbonyl (C=S) groups is 1. The third kappa shape index (κ3) is 40.2. The van der Waals surface area contributed by atoms with Gasteiger partial charge in [-0.25, -0.2) is 0 Å². The Hall–Kier alpha value is -0.950. The third-order valence-electron chi connectivity index (χ3n) is 10.1. The van der Waals surface area contributed by atoms with Crippen LogP contribution in [0.4, 0.5) is 0 Å². The van der Waals surface area contributed by atoms with Gasteiger partial charge >= 0.3 is 0 Å². The minimum absolute atomic E-state index is 0.0124. The Bertz CT molecular complexity index is 758. The quantitative estimate of drug-likeness (QED) is 0.0381. The van der Waals surface area contributed by atoms with Gasteiger partial charge in [0.05, 0.1) is 12.7 Å². The molecule has 6 heteroatoms. The predicted octanol–water partition coefficient (Wildman–Crippen LogP) is 13.7. The smallest absolute Gasteiger partial charge is 0.256 e. The molecule has 5 nitrogen and oxygen atoms in total. The molecular weight excluding hydrogens is 661 g/mol. The van der Waals surface area contributed by atoms with E-state index in [1.54, 1.807) is 0 Å². The maximum absolute atomic E-state index is 6.30. The van der Waals surface area contributed by atoms with Crippen molar-refractivity contribution < 1.29 is 14.2 Å². The number of ether oxygens (including phenoxy) is 3. The molecule has 0 spiro atoms. The molecule has 0 saturated carbocycles. The van der Waals surface area contributed by atoms with Gasteiger partial charge in [0, 0.05) is 26.3 Å². The number of unbranched alkanes of at least 4 members (excludes halogenated alkanes) is 24. The minimum Gasteiger partial charge on any atom is -0.470 e. The topological polar surface area (TPSA) is 43.0 Å². The zero-order valence-electron chi connectivity index (χ0n) is 35.4. The maximum atomic E-state index is 6.30. The number of allylic oxidation sites excluding steroid dienone is 4. The first-order valence-corrected chi connectivity index (χ1v) is 23.2. The molecule has 0 aliphatic heterocycles. The van der Waals surface area contributed by atoms with E-state index in [4.69, 9.17) is 26.4 Å². The molecule has 0 aliphatic carbocycles. The van der Waals surface area contributed by atoms with Gasteiger partial charge in [-0.3, -0.25) is 0 Å². The van der Waals surface area contributed by atoms with Gasteiger partial charge in [-0.1, -0.05) is 168 Å². The molecule has 0 rings (SSSR count). The molecule has 0 amide bonds. The van der Waals surface area contributed by atoms with Crippen LogP contribution in [-0.2, 0) is 14.2 Å². The Morgan fingerprint density at radius 3 is 1.37 bits per heavy atom. The van der Waals surface area contributed by atoms with Crippen LogP contribution in [-0.4, -0.2) is 68.8 Å². The van der Waals surface area contributed by atoms with Crippen LogP contribution >= 0.6 is 12.2 Å². The van der Waals surface area contributed by atoms with E-state index in [-0.39, 0.29) is 6.10 Å². The van der Waals surface area contributed by atoms with Gasteiger partial charge in [0.1, 0.15) is 6.61 Å². The van der Waals surface area contributed by atoms with Crippen LogP contribution in [0.2, 0.25) is 0 Å². The molecule has 52 heavy (non-hydrogen) atoms. The summed E-state index contributed by atoms with van der Waals surface area (Å²) in [7, 11) is 0. The van der Waals surface area contributed by atoms with Gasteiger partial charge in [-0.15, -0.1) is 0 Å². The molecule has 1 N–H and O–H groups in total. The second kappa shape index (κ2) is 44.4. The molecule has 0 fully saturated rings. The lowest BCUT2D eigenvalue weighted by Gasteiger charge is -2.21. The molecule has 0 radical (unpaired) electrons. The Morgan fingerprint density at radius 1 is 0.519 bits per heavy atom. The van der Waals surface area contributed by atoms with Crippen LogP contribution in [0, 0.1) is 0 Å². The van der Waals surface area contributed by atoms with Crippen LogP contribution in [0.3, 0.4) is 0 Å². The molecule has 0 heterocycles. The number of nitrogens with one attached hydrogen (secondary N) is 1. The standard InChI is InChI=1S/C46H90N2O3S/c1-5-9-11-13-15-17-19-21-23-25-27-29-31-33-35-37-40-49-44-45(43-47-46(52)51-42-39-48(7-3)8-4)50-41-38-36-34-32-30-28-26-24-22-20-18-16-14-12-10-6-2/h21-24,45H,5-20,25-44H2,1-4H3,(H,47,52). The highest BCUT2D eigenvalue weighted by Gasteiger charge is 2.11. The van der Waals surface area contributed by atoms with Crippen LogP contribution in [0.1, 0.15) is 207 Å². The van der Waals surface area contributed by atoms with Crippen molar-refractivity contribution in [2.75, 3.05) is 52.6 Å². The van der Waals surface area contributed by atoms with Crippen molar-refractivity contribution >= 4 is 17.4 Å². The summed E-state index contributed by atoms with van der Waals surface area (Å²) >= 11 is 5.46. The fourth-order valence-electron chi connectivity index (χ4n) is 6.49. The summed E-state index contributed by atoms with van der Waals surface area (Å²) < 4.78 is 18.2. The van der Waals surface area contributed by atoms with E-state index in [9.17, 15) is 0 Å². The van der Waals surface area contributed by atoms with Crippen molar-refractivity contribution in [2.24, 2.45) is 0 Å². The average molecular weight is 751 g/mol. The SMILES string of the molecule is CCCCCCCCC=CCCCCCCCCOCC(CNC(=S)OCCN(CC)CC)OCCCCCCCCC=CCCCCCCCC. The van der Waals surface area contributed by atoms with Crippen molar-refractivity contribution in [3.63, 3.8) is 0 Å². The lowest BCUT2D eigenvalue weighted by Crippen LogP contribution is -2.38.